The van der Waals surface area contributed by atoms with Crippen molar-refractivity contribution in [2.24, 2.45) is 0 Å². The molecule has 12 nitrogen and oxygen atoms in total. The van der Waals surface area contributed by atoms with Gasteiger partial charge in [-0.15, -0.1) is 0 Å². The fourth-order valence-corrected chi connectivity index (χ4v) is 0. The molecule has 0 aliphatic carbocycles. The molecule has 0 bridgehead atoms. The van der Waals surface area contributed by atoms with Gasteiger partial charge in [0, 0.05) is 0 Å². The van der Waals surface area contributed by atoms with Crippen LogP contribution < -0.4 is 24.9 Å². The predicted octanol–water partition coefficient (Wildman–Crippen LogP) is -7.85. The van der Waals surface area contributed by atoms with Crippen LogP contribution in [0, 0.1) is 76.3 Å². The molecule has 0 atom stereocenters. The van der Waals surface area contributed by atoms with Crippen molar-refractivity contribution in [3.05, 3.63) is 0 Å². The summed E-state index contributed by atoms with van der Waals surface area (Å²) >= 11 is -17.2. The summed E-state index contributed by atoms with van der Waals surface area (Å²) in [5, 5.41) is 0. The molecule has 0 spiro atoms. The van der Waals surface area contributed by atoms with E-state index in [0.29, 0.717) is 0 Å². The zero-order valence-corrected chi connectivity index (χ0v) is 14.6. The van der Waals surface area contributed by atoms with Gasteiger partial charge in [-0.1, -0.05) is 0 Å². The maximum atomic E-state index is 8.59. The van der Waals surface area contributed by atoms with Crippen molar-refractivity contribution in [3.8, 4) is 0 Å². The molecule has 0 saturated carbocycles. The Labute approximate surface area is 162 Å². The number of hydrogen-bond acceptors (Lipinski definition) is 12. The molecule has 110 valence electrons. The molecular weight excluding hydrogens is 673 g/mol. The summed E-state index contributed by atoms with van der Waals surface area (Å²) < 4.78 is 103. The molecule has 0 unspecified atom stereocenters. The average molecular weight is 673 g/mol. The molecule has 0 fully saturated rings. The molecule has 0 aliphatic heterocycles. The van der Waals surface area contributed by atoms with Gasteiger partial charge < -0.3 is 0 Å². The minimum absolute atomic E-state index is 0. The first kappa shape index (κ1) is 31.9. The molecule has 2 radical (unpaired) electrons. The summed E-state index contributed by atoms with van der Waals surface area (Å²) in [7, 11) is 0. The van der Waals surface area contributed by atoms with Gasteiger partial charge in [-0.3, -0.25) is 0 Å². The van der Waals surface area contributed by atoms with Crippen LogP contribution in [0.25, 0.3) is 0 Å². The SMILES string of the molecule is [Dy+3].[Dy+3].[O]=[Cr](=[O])([O-])[O-].[O]=[Cr](=[O])([O-])[O-].[O]=[Cr](=[O])([O-])[O-]. The van der Waals surface area contributed by atoms with Gasteiger partial charge in [0.25, 0.3) is 0 Å². The van der Waals surface area contributed by atoms with Crippen LogP contribution in [-0.4, -0.2) is 0 Å². The topological polar surface area (TPSA) is 241 Å². The number of rotatable bonds is 0. The molecule has 0 aromatic heterocycles. The van der Waals surface area contributed by atoms with Gasteiger partial charge in [-0.05, 0) is 0 Å². The van der Waals surface area contributed by atoms with E-state index in [2.05, 4.69) is 0 Å². The molecule has 0 heterocycles. The van der Waals surface area contributed by atoms with E-state index in [-0.39, 0.29) is 76.3 Å². The van der Waals surface area contributed by atoms with Crippen LogP contribution in [0.2, 0.25) is 0 Å². The predicted molar refractivity (Wildman–Crippen MR) is 4.12 cm³/mol. The summed E-state index contributed by atoms with van der Waals surface area (Å²) in [6.45, 7) is 0. The standard InChI is InChI=1S/3Cr.2Dy.12O/q;;;2*+3;;;;;;;6*-1. The van der Waals surface area contributed by atoms with Crippen molar-refractivity contribution < 1.29 is 165 Å². The Morgan fingerprint density at radius 2 is 0.412 bits per heavy atom. The van der Waals surface area contributed by atoms with Crippen LogP contribution in [0.3, 0.4) is 0 Å². The second-order valence-electron chi connectivity index (χ2n) is 1.22. The normalized spacial score (nSPS) is 10.2. The minimum atomic E-state index is -5.75. The van der Waals surface area contributed by atoms with Crippen molar-refractivity contribution in [3.63, 3.8) is 0 Å². The van der Waals surface area contributed by atoms with Crippen molar-refractivity contribution in [1.82, 2.24) is 0 Å². The van der Waals surface area contributed by atoms with Gasteiger partial charge in [-0.2, -0.15) is 0 Å². The van der Waals surface area contributed by atoms with Crippen LogP contribution in [0.15, 0.2) is 0 Å². The summed E-state index contributed by atoms with van der Waals surface area (Å²) in [4.78, 5) is 0. The second kappa shape index (κ2) is 13.7. The Hall–Kier alpha value is 2.70. The van der Waals surface area contributed by atoms with Crippen molar-refractivity contribution in [1.29, 1.82) is 0 Å². The average Bonchev–Trinajstić information content (AvgIpc) is 1.41. The first-order valence-corrected chi connectivity index (χ1v) is 8.25. The third-order valence-corrected chi connectivity index (χ3v) is 0. The molecule has 0 aromatic carbocycles. The van der Waals surface area contributed by atoms with Crippen molar-refractivity contribution in [2.75, 3.05) is 0 Å². The van der Waals surface area contributed by atoms with E-state index in [0.717, 1.165) is 0 Å². The van der Waals surface area contributed by atoms with Gasteiger partial charge in [0.15, 0.2) is 0 Å². The Balaban J connectivity index is -0.0000000400. The first-order chi connectivity index (χ1) is 6.00. The van der Waals surface area contributed by atoms with E-state index in [1.54, 1.807) is 0 Å². The first-order valence-electron chi connectivity index (χ1n) is 2.00. The molecule has 17 heavy (non-hydrogen) atoms. The van der Waals surface area contributed by atoms with Gasteiger partial charge >= 0.3 is 165 Å². The summed E-state index contributed by atoms with van der Waals surface area (Å²) in [5.74, 6) is 0. The zero-order chi connectivity index (χ0) is 13.5. The zero-order valence-electron chi connectivity index (χ0n) is 6.76. The van der Waals surface area contributed by atoms with Gasteiger partial charge in [0.1, 0.15) is 0 Å². The van der Waals surface area contributed by atoms with E-state index in [4.69, 9.17) is 47.8 Å². The second-order valence-corrected chi connectivity index (χ2v) is 5.05. The van der Waals surface area contributed by atoms with Crippen molar-refractivity contribution in [2.45, 2.75) is 0 Å². The van der Waals surface area contributed by atoms with Gasteiger partial charge in [0.2, 0.25) is 0 Å². The Kier molecular flexibility index (Phi) is 25.6. The molecule has 0 aromatic rings. The molecule has 0 N–H and O–H groups in total. The molecule has 0 aliphatic rings. The summed E-state index contributed by atoms with van der Waals surface area (Å²) in [6, 6.07) is 0. The van der Waals surface area contributed by atoms with E-state index >= 15 is 0 Å². The van der Waals surface area contributed by atoms with Crippen LogP contribution in [0.4, 0.5) is 0 Å². The van der Waals surface area contributed by atoms with E-state index in [1.807, 2.05) is 0 Å². The van der Waals surface area contributed by atoms with Crippen LogP contribution in [0.5, 0.6) is 0 Å². The Morgan fingerprint density at radius 1 is 0.412 bits per heavy atom. The summed E-state index contributed by atoms with van der Waals surface area (Å²) in [5.41, 5.74) is 0. The molecular formula is Cr3Dy2O12. The van der Waals surface area contributed by atoms with Crippen LogP contribution >= 0.6 is 0 Å². The third-order valence-electron chi connectivity index (χ3n) is 0. The Morgan fingerprint density at radius 3 is 0.412 bits per heavy atom. The van der Waals surface area contributed by atoms with Gasteiger partial charge in [0.05, 0.1) is 0 Å². The van der Waals surface area contributed by atoms with E-state index in [1.165, 1.54) is 0 Å². The van der Waals surface area contributed by atoms with Crippen molar-refractivity contribution >= 4 is 0 Å². The number of hydrogen-bond donors (Lipinski definition) is 0. The quantitative estimate of drug-likeness (QED) is 0.233. The van der Waals surface area contributed by atoms with E-state index < -0.39 is 40.8 Å². The molecule has 0 saturated heterocycles. The van der Waals surface area contributed by atoms with Crippen LogP contribution in [0.1, 0.15) is 0 Å². The summed E-state index contributed by atoms with van der Waals surface area (Å²) in [6.07, 6.45) is 0. The van der Waals surface area contributed by atoms with Gasteiger partial charge in [-0.25, -0.2) is 0 Å². The molecule has 0 amide bonds. The Bertz CT molecular complexity index is 341. The van der Waals surface area contributed by atoms with Crippen LogP contribution in [-0.2, 0) is 63.7 Å². The monoisotopic (exact) mass is 676 g/mol. The maximum absolute atomic E-state index is 8.59. The van der Waals surface area contributed by atoms with E-state index in [9.17, 15) is 0 Å². The third kappa shape index (κ3) is 714. The fourth-order valence-electron chi connectivity index (χ4n) is 0. The fraction of sp³-hybridized carbons (Fsp3) is 0. The molecule has 0 rings (SSSR count). The molecule has 17 heteroatoms.